The summed E-state index contributed by atoms with van der Waals surface area (Å²) in [6.45, 7) is 7.66. The highest BCUT2D eigenvalue weighted by Crippen LogP contribution is 2.34. The molecule has 3 rings (SSSR count). The first-order valence-corrected chi connectivity index (χ1v) is 10.9. The predicted octanol–water partition coefficient (Wildman–Crippen LogP) is 4.99. The van der Waals surface area contributed by atoms with Crippen molar-refractivity contribution in [3.63, 3.8) is 0 Å². The van der Waals surface area contributed by atoms with Gasteiger partial charge in [0.2, 0.25) is 5.05 Å². The molecule has 1 aromatic heterocycles. The summed E-state index contributed by atoms with van der Waals surface area (Å²) in [5, 5.41) is 0.0787. The van der Waals surface area contributed by atoms with E-state index in [1.807, 2.05) is 20.8 Å². The maximum Gasteiger partial charge on any atom is 0.410 e. The molecule has 2 aromatic rings. The Kier molecular flexibility index (Phi) is 7.06. The summed E-state index contributed by atoms with van der Waals surface area (Å²) >= 11 is 10.9. The van der Waals surface area contributed by atoms with Crippen molar-refractivity contribution in [1.82, 2.24) is 14.5 Å². The van der Waals surface area contributed by atoms with E-state index in [0.717, 1.165) is 6.42 Å². The highest BCUT2D eigenvalue weighted by molar-refractivity contribution is 7.89. The second kappa shape index (κ2) is 9.40. The van der Waals surface area contributed by atoms with Gasteiger partial charge in [0.1, 0.15) is 17.5 Å². The molecular formula is C22H26FN3O3S2. The standard InChI is InChI=1S/C22H26FN3O3S2/c1-14-7-8-15(12-16(14)23)18(28-20(31)19(30)25-11-9-24-13-25)17-6-5-10-26(17)21(27)29-22(2,3)4/h7-9,11-13,17-18H,5-6,10H2,1-4H3/t17-,18?/m0/s1. The van der Waals surface area contributed by atoms with Crippen LogP contribution in [0.2, 0.25) is 0 Å². The molecule has 1 aromatic carbocycles. The number of hydrogen-bond donors (Lipinski definition) is 0. The summed E-state index contributed by atoms with van der Waals surface area (Å²) in [6, 6.07) is 4.53. The van der Waals surface area contributed by atoms with Gasteiger partial charge in [-0.1, -0.05) is 24.4 Å². The molecule has 2 atom stereocenters. The molecule has 1 aliphatic heterocycles. The van der Waals surface area contributed by atoms with Crippen LogP contribution in [0.5, 0.6) is 0 Å². The van der Waals surface area contributed by atoms with Crippen molar-refractivity contribution >= 4 is 40.6 Å². The molecule has 0 aliphatic carbocycles. The second-order valence-electron chi connectivity index (χ2n) is 8.49. The van der Waals surface area contributed by atoms with Crippen molar-refractivity contribution in [3.05, 3.63) is 53.9 Å². The number of nitrogens with zero attached hydrogens (tertiary/aromatic N) is 3. The van der Waals surface area contributed by atoms with E-state index in [0.29, 0.717) is 24.1 Å². The minimum atomic E-state index is -0.695. The van der Waals surface area contributed by atoms with Gasteiger partial charge < -0.3 is 14.4 Å². The average molecular weight is 464 g/mol. The number of carbonyl (C=O) groups excluding carboxylic acids is 1. The second-order valence-corrected chi connectivity index (χ2v) is 9.25. The fourth-order valence-electron chi connectivity index (χ4n) is 3.46. The van der Waals surface area contributed by atoms with Crippen molar-refractivity contribution in [2.75, 3.05) is 6.54 Å². The Hall–Kier alpha value is -2.39. The third-order valence-corrected chi connectivity index (χ3v) is 5.76. The van der Waals surface area contributed by atoms with E-state index in [1.54, 1.807) is 40.9 Å². The number of likely N-dealkylation sites (tertiary alicyclic amines) is 1. The number of rotatable bonds is 3. The van der Waals surface area contributed by atoms with E-state index < -0.39 is 17.8 Å². The van der Waals surface area contributed by atoms with Crippen LogP contribution < -0.4 is 0 Å². The van der Waals surface area contributed by atoms with E-state index in [4.69, 9.17) is 33.9 Å². The van der Waals surface area contributed by atoms with Crippen LogP contribution in [0.4, 0.5) is 9.18 Å². The van der Waals surface area contributed by atoms with Crippen LogP contribution in [0.15, 0.2) is 36.9 Å². The fraction of sp³-hybridized carbons (Fsp3) is 0.455. The molecule has 1 unspecified atom stereocenters. The lowest BCUT2D eigenvalue weighted by atomic mass is 9.98. The molecule has 0 bridgehead atoms. The fourth-order valence-corrected chi connectivity index (χ4v) is 3.82. The first-order valence-electron chi connectivity index (χ1n) is 10.1. The van der Waals surface area contributed by atoms with E-state index in [9.17, 15) is 9.18 Å². The third kappa shape index (κ3) is 5.65. The van der Waals surface area contributed by atoms with Gasteiger partial charge in [-0.05, 0) is 69.9 Å². The number of halogens is 1. The molecule has 0 spiro atoms. The molecule has 0 N–H and O–H groups in total. The van der Waals surface area contributed by atoms with Gasteiger partial charge in [-0.25, -0.2) is 14.2 Å². The SMILES string of the molecule is Cc1ccc(C(OC(=S)C(=S)n2ccnc2)[C@@H]2CCCN2C(=O)OC(C)(C)C)cc1F. The predicted molar refractivity (Wildman–Crippen MR) is 124 cm³/mol. The quantitative estimate of drug-likeness (QED) is 0.598. The van der Waals surface area contributed by atoms with Crippen molar-refractivity contribution < 1.29 is 18.7 Å². The maximum atomic E-state index is 14.4. The third-order valence-electron chi connectivity index (χ3n) is 4.95. The number of hydrogen-bond acceptors (Lipinski definition) is 6. The zero-order chi connectivity index (χ0) is 22.8. The minimum absolute atomic E-state index is 0.0787. The largest absolute Gasteiger partial charge is 0.471 e. The molecule has 166 valence electrons. The van der Waals surface area contributed by atoms with Crippen molar-refractivity contribution in [3.8, 4) is 0 Å². The molecule has 0 radical (unpaired) electrons. The summed E-state index contributed by atoms with van der Waals surface area (Å²) in [7, 11) is 0. The van der Waals surface area contributed by atoms with Crippen LogP contribution in [-0.2, 0) is 9.47 Å². The number of benzene rings is 1. The van der Waals surface area contributed by atoms with Crippen LogP contribution in [0.3, 0.4) is 0 Å². The Balaban J connectivity index is 1.91. The van der Waals surface area contributed by atoms with Crippen LogP contribution in [-0.4, -0.2) is 48.8 Å². The van der Waals surface area contributed by atoms with Gasteiger partial charge >= 0.3 is 6.09 Å². The van der Waals surface area contributed by atoms with Gasteiger partial charge in [0.25, 0.3) is 0 Å². The molecule has 9 heteroatoms. The lowest BCUT2D eigenvalue weighted by Gasteiger charge is -2.33. The minimum Gasteiger partial charge on any atom is -0.471 e. The number of amides is 1. The van der Waals surface area contributed by atoms with E-state index in [-0.39, 0.29) is 21.9 Å². The van der Waals surface area contributed by atoms with Gasteiger partial charge in [0.15, 0.2) is 4.99 Å². The van der Waals surface area contributed by atoms with Gasteiger partial charge in [-0.15, -0.1) is 0 Å². The Morgan fingerprint density at radius 3 is 2.68 bits per heavy atom. The summed E-state index contributed by atoms with van der Waals surface area (Å²) < 4.78 is 27.7. The van der Waals surface area contributed by atoms with E-state index in [2.05, 4.69) is 4.98 Å². The Morgan fingerprint density at radius 2 is 2.06 bits per heavy atom. The van der Waals surface area contributed by atoms with E-state index >= 15 is 0 Å². The van der Waals surface area contributed by atoms with Gasteiger partial charge in [-0.3, -0.25) is 4.57 Å². The summed E-state index contributed by atoms with van der Waals surface area (Å²) in [4.78, 5) is 18.7. The summed E-state index contributed by atoms with van der Waals surface area (Å²) in [5.41, 5.74) is 0.475. The topological polar surface area (TPSA) is 56.6 Å². The molecule has 1 saturated heterocycles. The number of thiocarbonyl (C=S) groups is 2. The average Bonchev–Trinajstić information content (AvgIpc) is 3.38. The lowest BCUT2D eigenvalue weighted by molar-refractivity contribution is 0.00797. The van der Waals surface area contributed by atoms with Crippen LogP contribution in [0.25, 0.3) is 0 Å². The summed E-state index contributed by atoms with van der Waals surface area (Å²) in [6.07, 6.45) is 5.10. The molecule has 1 amide bonds. The molecule has 31 heavy (non-hydrogen) atoms. The van der Waals surface area contributed by atoms with Crippen molar-refractivity contribution in [2.45, 2.75) is 58.3 Å². The molecular weight excluding hydrogens is 437 g/mol. The molecule has 1 fully saturated rings. The van der Waals surface area contributed by atoms with Crippen molar-refractivity contribution in [1.29, 1.82) is 0 Å². The van der Waals surface area contributed by atoms with Crippen LogP contribution in [0, 0.1) is 12.7 Å². The molecule has 2 heterocycles. The number of aromatic nitrogens is 2. The van der Waals surface area contributed by atoms with Crippen molar-refractivity contribution in [2.24, 2.45) is 0 Å². The van der Waals surface area contributed by atoms with Crippen LogP contribution >= 0.6 is 24.4 Å². The highest BCUT2D eigenvalue weighted by atomic mass is 32.1. The summed E-state index contributed by atoms with van der Waals surface area (Å²) in [5.74, 6) is -0.351. The molecule has 0 saturated carbocycles. The van der Waals surface area contributed by atoms with Crippen LogP contribution in [0.1, 0.15) is 50.8 Å². The normalized spacial score (nSPS) is 17.3. The first-order chi connectivity index (χ1) is 14.6. The molecule has 1 aliphatic rings. The zero-order valence-electron chi connectivity index (χ0n) is 18.0. The maximum absolute atomic E-state index is 14.4. The van der Waals surface area contributed by atoms with Gasteiger partial charge in [0.05, 0.1) is 12.4 Å². The zero-order valence-corrected chi connectivity index (χ0v) is 19.6. The lowest BCUT2D eigenvalue weighted by Crippen LogP contribution is -2.43. The number of carbonyl (C=O) groups is 1. The Morgan fingerprint density at radius 1 is 1.32 bits per heavy atom. The van der Waals surface area contributed by atoms with Gasteiger partial charge in [-0.2, -0.15) is 0 Å². The number of aryl methyl sites for hydroxylation is 1. The monoisotopic (exact) mass is 463 g/mol. The van der Waals surface area contributed by atoms with Gasteiger partial charge in [0, 0.05) is 18.9 Å². The number of ether oxygens (including phenoxy) is 2. The van der Waals surface area contributed by atoms with E-state index in [1.165, 1.54) is 12.4 Å². The first kappa shape index (κ1) is 23.3. The molecule has 6 nitrogen and oxygen atoms in total. The Labute approximate surface area is 192 Å². The Bertz CT molecular complexity index is 973. The highest BCUT2D eigenvalue weighted by Gasteiger charge is 2.40. The smallest absolute Gasteiger partial charge is 0.410 e. The number of imidazole rings is 1.